The van der Waals surface area contributed by atoms with Crippen LogP contribution in [-0.2, 0) is 16.2 Å². The van der Waals surface area contributed by atoms with Gasteiger partial charge in [0.25, 0.3) is 0 Å². The zero-order valence-corrected chi connectivity index (χ0v) is 16.8. The molecule has 2 fully saturated rings. The van der Waals surface area contributed by atoms with E-state index in [1.54, 1.807) is 0 Å². The Kier molecular flexibility index (Phi) is 5.53. The molecule has 1 saturated heterocycles. The summed E-state index contributed by atoms with van der Waals surface area (Å²) in [5, 5.41) is 2.92. The summed E-state index contributed by atoms with van der Waals surface area (Å²) in [6.45, 7) is 3.59. The lowest BCUT2D eigenvalue weighted by Crippen LogP contribution is -2.51. The lowest BCUT2D eigenvalue weighted by atomic mass is 10.0. The van der Waals surface area contributed by atoms with E-state index >= 15 is 0 Å². The van der Waals surface area contributed by atoms with Crippen LogP contribution in [0.4, 0.5) is 5.69 Å². The number of carbonyl (C=O) groups is 2. The van der Waals surface area contributed by atoms with Gasteiger partial charge in [0.2, 0.25) is 11.8 Å². The van der Waals surface area contributed by atoms with E-state index in [9.17, 15) is 9.59 Å². The molecule has 0 atom stereocenters. The highest BCUT2D eigenvalue weighted by atomic mass is 16.5. The molecular weight excluding hydrogens is 366 g/mol. The van der Waals surface area contributed by atoms with E-state index < -0.39 is 5.41 Å². The van der Waals surface area contributed by atoms with Crippen LogP contribution in [-0.4, -0.2) is 54.8 Å². The van der Waals surface area contributed by atoms with Crippen LogP contribution in [0.15, 0.2) is 54.6 Å². The van der Waals surface area contributed by atoms with E-state index in [0.29, 0.717) is 38.2 Å². The average molecular weight is 393 g/mol. The van der Waals surface area contributed by atoms with E-state index in [1.165, 1.54) is 0 Å². The smallest absolute Gasteiger partial charge is 0.240 e. The van der Waals surface area contributed by atoms with Crippen LogP contribution in [0.5, 0.6) is 5.75 Å². The minimum absolute atomic E-state index is 0.0223. The predicted molar refractivity (Wildman–Crippen MR) is 112 cm³/mol. The van der Waals surface area contributed by atoms with Gasteiger partial charge in [-0.3, -0.25) is 9.59 Å². The number of piperazine rings is 1. The van der Waals surface area contributed by atoms with Crippen molar-refractivity contribution in [1.82, 2.24) is 9.80 Å². The molecular formula is C23H27N3O3. The summed E-state index contributed by atoms with van der Waals surface area (Å²) < 4.78 is 5.78. The third kappa shape index (κ3) is 4.43. The molecule has 2 aromatic rings. The van der Waals surface area contributed by atoms with Crippen molar-refractivity contribution in [1.29, 1.82) is 0 Å². The Bertz CT molecular complexity index is 855. The summed E-state index contributed by atoms with van der Waals surface area (Å²) in [7, 11) is 2.05. The van der Waals surface area contributed by atoms with Gasteiger partial charge < -0.3 is 19.9 Å². The second-order valence-electron chi connectivity index (χ2n) is 7.93. The van der Waals surface area contributed by atoms with E-state index in [0.717, 1.165) is 24.4 Å². The highest BCUT2D eigenvalue weighted by Crippen LogP contribution is 2.48. The highest BCUT2D eigenvalue weighted by Gasteiger charge is 2.58. The SMILES string of the molecule is CN1CCN(C(=O)C2(C(=O)Nc3ccc(OCc4ccccc4)cc3)CC2)CC1. The lowest BCUT2D eigenvalue weighted by molar-refractivity contribution is -0.143. The average Bonchev–Trinajstić information content (AvgIpc) is 3.56. The normalized spacial score (nSPS) is 18.2. The summed E-state index contributed by atoms with van der Waals surface area (Å²) in [5.41, 5.74) is 0.903. The van der Waals surface area contributed by atoms with Crippen LogP contribution >= 0.6 is 0 Å². The molecule has 0 unspecified atom stereocenters. The Morgan fingerprint density at radius 2 is 1.62 bits per heavy atom. The molecule has 152 valence electrons. The fraction of sp³-hybridized carbons (Fsp3) is 0.391. The number of hydrogen-bond donors (Lipinski definition) is 1. The molecule has 1 N–H and O–H groups in total. The minimum Gasteiger partial charge on any atom is -0.489 e. The predicted octanol–water partition coefficient (Wildman–Crippen LogP) is 2.76. The van der Waals surface area contributed by atoms with Gasteiger partial charge in [0, 0.05) is 31.9 Å². The molecule has 2 aliphatic rings. The monoisotopic (exact) mass is 393 g/mol. The maximum Gasteiger partial charge on any atom is 0.240 e. The van der Waals surface area contributed by atoms with Gasteiger partial charge in [0.15, 0.2) is 0 Å². The zero-order chi connectivity index (χ0) is 20.3. The summed E-state index contributed by atoms with van der Waals surface area (Å²) in [5.74, 6) is 0.520. The first-order valence-corrected chi connectivity index (χ1v) is 10.1. The van der Waals surface area contributed by atoms with Crippen molar-refractivity contribution >= 4 is 17.5 Å². The number of nitrogens with one attached hydrogen (secondary N) is 1. The Hall–Kier alpha value is -2.86. The largest absolute Gasteiger partial charge is 0.489 e. The van der Waals surface area contributed by atoms with Gasteiger partial charge in [-0.05, 0) is 49.7 Å². The van der Waals surface area contributed by atoms with Crippen molar-refractivity contribution in [3.8, 4) is 5.75 Å². The Morgan fingerprint density at radius 1 is 0.966 bits per heavy atom. The second-order valence-corrected chi connectivity index (χ2v) is 7.93. The first-order valence-electron chi connectivity index (χ1n) is 10.1. The minimum atomic E-state index is -0.877. The van der Waals surface area contributed by atoms with Gasteiger partial charge in [-0.1, -0.05) is 30.3 Å². The number of nitrogens with zero attached hydrogens (tertiary/aromatic N) is 2. The van der Waals surface area contributed by atoms with Crippen LogP contribution in [0.1, 0.15) is 18.4 Å². The van der Waals surface area contributed by atoms with Crippen LogP contribution in [0.2, 0.25) is 0 Å². The maximum absolute atomic E-state index is 12.9. The molecule has 1 heterocycles. The summed E-state index contributed by atoms with van der Waals surface area (Å²) in [6, 6.07) is 17.3. The third-order valence-electron chi connectivity index (χ3n) is 5.75. The van der Waals surface area contributed by atoms with Crippen molar-refractivity contribution in [3.05, 3.63) is 60.2 Å². The summed E-state index contributed by atoms with van der Waals surface area (Å²) >= 11 is 0. The molecule has 0 spiro atoms. The van der Waals surface area contributed by atoms with Crippen molar-refractivity contribution in [2.75, 3.05) is 38.5 Å². The molecule has 2 aromatic carbocycles. The van der Waals surface area contributed by atoms with Gasteiger partial charge in [0.05, 0.1) is 0 Å². The molecule has 6 nitrogen and oxygen atoms in total. The molecule has 1 aliphatic heterocycles. The van der Waals surface area contributed by atoms with Gasteiger partial charge in [-0.25, -0.2) is 0 Å². The van der Waals surface area contributed by atoms with Gasteiger partial charge in [-0.2, -0.15) is 0 Å². The third-order valence-corrected chi connectivity index (χ3v) is 5.75. The van der Waals surface area contributed by atoms with E-state index in [-0.39, 0.29) is 11.8 Å². The van der Waals surface area contributed by atoms with E-state index in [1.807, 2.05) is 59.5 Å². The van der Waals surface area contributed by atoms with Crippen molar-refractivity contribution in [2.45, 2.75) is 19.4 Å². The molecule has 2 amide bonds. The first-order chi connectivity index (χ1) is 14.1. The van der Waals surface area contributed by atoms with Gasteiger partial charge in [-0.15, -0.1) is 0 Å². The van der Waals surface area contributed by atoms with Crippen LogP contribution in [0.25, 0.3) is 0 Å². The fourth-order valence-electron chi connectivity index (χ4n) is 3.60. The fourth-order valence-corrected chi connectivity index (χ4v) is 3.60. The first kappa shape index (κ1) is 19.5. The van der Waals surface area contributed by atoms with Crippen LogP contribution < -0.4 is 10.1 Å². The van der Waals surface area contributed by atoms with Crippen LogP contribution in [0, 0.1) is 5.41 Å². The number of anilines is 1. The molecule has 0 bridgehead atoms. The molecule has 29 heavy (non-hydrogen) atoms. The number of rotatable bonds is 6. The Morgan fingerprint density at radius 3 is 2.24 bits per heavy atom. The molecule has 1 aliphatic carbocycles. The molecule has 1 saturated carbocycles. The van der Waals surface area contributed by atoms with Gasteiger partial charge in [0.1, 0.15) is 17.8 Å². The Labute approximate surface area is 171 Å². The molecule has 0 radical (unpaired) electrons. The maximum atomic E-state index is 12.9. The number of carbonyl (C=O) groups excluding carboxylic acids is 2. The quantitative estimate of drug-likeness (QED) is 0.767. The van der Waals surface area contributed by atoms with Crippen molar-refractivity contribution in [3.63, 3.8) is 0 Å². The Balaban J connectivity index is 1.33. The molecule has 4 rings (SSSR count). The van der Waals surface area contributed by atoms with Gasteiger partial charge >= 0.3 is 0 Å². The lowest BCUT2D eigenvalue weighted by Gasteiger charge is -2.34. The van der Waals surface area contributed by atoms with E-state index in [2.05, 4.69) is 17.3 Å². The summed E-state index contributed by atoms with van der Waals surface area (Å²) in [6.07, 6.45) is 1.25. The number of benzene rings is 2. The number of ether oxygens (including phenoxy) is 1. The number of amides is 2. The topological polar surface area (TPSA) is 61.9 Å². The summed E-state index contributed by atoms with van der Waals surface area (Å²) in [4.78, 5) is 29.8. The highest BCUT2D eigenvalue weighted by molar-refractivity contribution is 6.13. The van der Waals surface area contributed by atoms with Crippen molar-refractivity contribution < 1.29 is 14.3 Å². The number of hydrogen-bond acceptors (Lipinski definition) is 4. The standard InChI is InChI=1S/C23H27N3O3/c1-25-13-15-26(16-14-25)22(28)23(11-12-23)21(27)24-19-7-9-20(10-8-19)29-17-18-5-3-2-4-6-18/h2-10H,11-17H2,1H3,(H,24,27). The second kappa shape index (κ2) is 8.25. The molecule has 6 heteroatoms. The molecule has 0 aromatic heterocycles. The van der Waals surface area contributed by atoms with Crippen LogP contribution in [0.3, 0.4) is 0 Å². The van der Waals surface area contributed by atoms with E-state index in [4.69, 9.17) is 4.74 Å². The zero-order valence-electron chi connectivity index (χ0n) is 16.8. The number of likely N-dealkylation sites (N-methyl/N-ethyl adjacent to an activating group) is 1. The van der Waals surface area contributed by atoms with Crippen molar-refractivity contribution in [2.24, 2.45) is 5.41 Å².